The zero-order chi connectivity index (χ0) is 16.6. The number of rotatable bonds is 3. The number of H-pyrrole nitrogens is 1. The number of amides is 1. The second-order valence-corrected chi connectivity index (χ2v) is 7.97. The molecule has 0 aliphatic carbocycles. The van der Waals surface area contributed by atoms with Crippen LogP contribution >= 0.6 is 0 Å². The maximum absolute atomic E-state index is 12.9. The lowest BCUT2D eigenvalue weighted by Gasteiger charge is -2.27. The molecule has 2 aromatic rings. The summed E-state index contributed by atoms with van der Waals surface area (Å²) in [5.41, 5.74) is 0.566. The fourth-order valence-corrected chi connectivity index (χ4v) is 4.86. The fraction of sp³-hybridized carbons (Fsp3) is 0.375. The van der Waals surface area contributed by atoms with Crippen molar-refractivity contribution < 1.29 is 13.2 Å². The highest BCUT2D eigenvalue weighted by atomic mass is 32.2. The number of aromatic nitrogens is 1. The van der Waals surface area contributed by atoms with Crippen molar-refractivity contribution >= 4 is 26.6 Å². The molecular formula is C16H18N2O4S. The van der Waals surface area contributed by atoms with Gasteiger partial charge in [-0.15, -0.1) is 0 Å². The SMILES string of the molecule is CCN(C(=O)c1cc(=O)[nH]c2ccccc12)[C@@H]1CCS(=O)(=O)C1. The molecule has 7 heteroatoms. The number of carbonyl (C=O) groups is 1. The number of para-hydroxylation sites is 1. The second kappa shape index (κ2) is 5.81. The van der Waals surface area contributed by atoms with Crippen molar-refractivity contribution in [3.05, 3.63) is 46.2 Å². The molecule has 6 nitrogen and oxygen atoms in total. The number of nitrogens with zero attached hydrogens (tertiary/aromatic N) is 1. The van der Waals surface area contributed by atoms with Gasteiger partial charge in [0.05, 0.1) is 17.1 Å². The van der Waals surface area contributed by atoms with Gasteiger partial charge in [-0.05, 0) is 19.4 Å². The van der Waals surface area contributed by atoms with Gasteiger partial charge in [0.25, 0.3) is 5.91 Å². The van der Waals surface area contributed by atoms with E-state index in [2.05, 4.69) is 4.98 Å². The summed E-state index contributed by atoms with van der Waals surface area (Å²) in [7, 11) is -3.08. The Morgan fingerprint density at radius 1 is 1.35 bits per heavy atom. The first kappa shape index (κ1) is 15.7. The van der Waals surface area contributed by atoms with Crippen molar-refractivity contribution in [3.8, 4) is 0 Å². The van der Waals surface area contributed by atoms with E-state index in [0.29, 0.717) is 29.4 Å². The number of nitrogens with one attached hydrogen (secondary N) is 1. The summed E-state index contributed by atoms with van der Waals surface area (Å²) in [6.07, 6.45) is 0.447. The molecule has 1 aliphatic heterocycles. The molecule has 1 atom stereocenters. The second-order valence-electron chi connectivity index (χ2n) is 5.74. The normalized spacial score (nSPS) is 19.8. The zero-order valence-corrected chi connectivity index (χ0v) is 13.6. The average molecular weight is 334 g/mol. The summed E-state index contributed by atoms with van der Waals surface area (Å²) in [4.78, 5) is 29.0. The third-order valence-corrected chi connectivity index (χ3v) is 5.98. The summed E-state index contributed by atoms with van der Waals surface area (Å²) in [6.45, 7) is 2.22. The van der Waals surface area contributed by atoms with E-state index in [4.69, 9.17) is 0 Å². The molecule has 1 aromatic carbocycles. The predicted molar refractivity (Wildman–Crippen MR) is 88.3 cm³/mol. The van der Waals surface area contributed by atoms with E-state index in [1.165, 1.54) is 6.07 Å². The van der Waals surface area contributed by atoms with Crippen LogP contribution in [0.15, 0.2) is 35.1 Å². The Labute approximate surface area is 134 Å². The number of hydrogen-bond acceptors (Lipinski definition) is 4. The molecule has 1 fully saturated rings. The van der Waals surface area contributed by atoms with Gasteiger partial charge in [-0.3, -0.25) is 9.59 Å². The van der Waals surface area contributed by atoms with E-state index in [-0.39, 0.29) is 29.0 Å². The smallest absolute Gasteiger partial charge is 0.255 e. The molecule has 23 heavy (non-hydrogen) atoms. The number of pyridine rings is 1. The van der Waals surface area contributed by atoms with Crippen LogP contribution in [0.25, 0.3) is 10.9 Å². The van der Waals surface area contributed by atoms with Crippen LogP contribution in [0.2, 0.25) is 0 Å². The van der Waals surface area contributed by atoms with Crippen molar-refractivity contribution in [3.63, 3.8) is 0 Å². The molecule has 0 bridgehead atoms. The van der Waals surface area contributed by atoms with Crippen LogP contribution in [0.1, 0.15) is 23.7 Å². The number of fused-ring (bicyclic) bond motifs is 1. The molecule has 0 spiro atoms. The lowest BCUT2D eigenvalue weighted by atomic mass is 10.1. The molecular weight excluding hydrogens is 316 g/mol. The lowest BCUT2D eigenvalue weighted by molar-refractivity contribution is 0.0710. The monoisotopic (exact) mass is 334 g/mol. The Kier molecular flexibility index (Phi) is 3.97. The fourth-order valence-electron chi connectivity index (χ4n) is 3.13. The molecule has 0 unspecified atom stereocenters. The zero-order valence-electron chi connectivity index (χ0n) is 12.8. The van der Waals surface area contributed by atoms with Gasteiger partial charge in [0.2, 0.25) is 5.56 Å². The minimum atomic E-state index is -3.08. The molecule has 1 aromatic heterocycles. The topological polar surface area (TPSA) is 87.3 Å². The van der Waals surface area contributed by atoms with Crippen LogP contribution in [-0.4, -0.2) is 48.3 Å². The van der Waals surface area contributed by atoms with E-state index in [1.807, 2.05) is 6.92 Å². The third kappa shape index (κ3) is 3.01. The highest BCUT2D eigenvalue weighted by molar-refractivity contribution is 7.91. The molecule has 0 saturated carbocycles. The average Bonchev–Trinajstić information content (AvgIpc) is 2.86. The summed E-state index contributed by atoms with van der Waals surface area (Å²) in [5, 5.41) is 0.663. The Morgan fingerprint density at radius 3 is 2.74 bits per heavy atom. The maximum Gasteiger partial charge on any atom is 0.255 e. The van der Waals surface area contributed by atoms with E-state index in [1.54, 1.807) is 29.2 Å². The molecule has 3 rings (SSSR count). The minimum absolute atomic E-state index is 0.00625. The summed E-state index contributed by atoms with van der Waals surface area (Å²) < 4.78 is 23.4. The molecule has 1 N–H and O–H groups in total. The quantitative estimate of drug-likeness (QED) is 0.913. The van der Waals surface area contributed by atoms with E-state index < -0.39 is 9.84 Å². The highest BCUT2D eigenvalue weighted by Crippen LogP contribution is 2.22. The Bertz CT molecular complexity index is 917. The van der Waals surface area contributed by atoms with Crippen molar-refractivity contribution in [2.75, 3.05) is 18.1 Å². The lowest BCUT2D eigenvalue weighted by Crippen LogP contribution is -2.41. The number of sulfone groups is 1. The van der Waals surface area contributed by atoms with Crippen LogP contribution in [0.3, 0.4) is 0 Å². The Hall–Kier alpha value is -2.15. The maximum atomic E-state index is 12.9. The number of benzene rings is 1. The highest BCUT2D eigenvalue weighted by Gasteiger charge is 2.34. The van der Waals surface area contributed by atoms with Crippen LogP contribution in [-0.2, 0) is 9.84 Å². The first-order valence-electron chi connectivity index (χ1n) is 7.55. The molecule has 1 aliphatic rings. The largest absolute Gasteiger partial charge is 0.335 e. The van der Waals surface area contributed by atoms with E-state index in [0.717, 1.165) is 0 Å². The van der Waals surface area contributed by atoms with Gasteiger partial charge in [0.15, 0.2) is 9.84 Å². The van der Waals surface area contributed by atoms with Gasteiger partial charge in [-0.25, -0.2) is 8.42 Å². The van der Waals surface area contributed by atoms with Crippen molar-refractivity contribution in [1.29, 1.82) is 0 Å². The molecule has 1 saturated heterocycles. The number of carbonyl (C=O) groups excluding carboxylic acids is 1. The van der Waals surface area contributed by atoms with Crippen LogP contribution < -0.4 is 5.56 Å². The van der Waals surface area contributed by atoms with Crippen molar-refractivity contribution in [1.82, 2.24) is 9.88 Å². The van der Waals surface area contributed by atoms with Gasteiger partial charge in [0.1, 0.15) is 0 Å². The van der Waals surface area contributed by atoms with Gasteiger partial charge < -0.3 is 9.88 Å². The van der Waals surface area contributed by atoms with E-state index >= 15 is 0 Å². The van der Waals surface area contributed by atoms with Gasteiger partial charge in [-0.2, -0.15) is 0 Å². The van der Waals surface area contributed by atoms with Crippen molar-refractivity contribution in [2.45, 2.75) is 19.4 Å². The third-order valence-electron chi connectivity index (χ3n) is 4.23. The molecule has 1 amide bonds. The standard InChI is InChI=1S/C16H18N2O4S/c1-2-18(11-7-8-23(21,22)10-11)16(20)13-9-15(19)17-14-6-4-3-5-12(13)14/h3-6,9,11H,2,7-8,10H2,1H3,(H,17,19)/t11-/m1/s1. The Balaban J connectivity index is 2.04. The first-order chi connectivity index (χ1) is 10.9. The predicted octanol–water partition coefficient (Wildman–Crippen LogP) is 1.18. The van der Waals surface area contributed by atoms with Gasteiger partial charge in [-0.1, -0.05) is 18.2 Å². The molecule has 122 valence electrons. The van der Waals surface area contributed by atoms with Crippen LogP contribution in [0, 0.1) is 0 Å². The molecule has 2 heterocycles. The summed E-state index contributed by atoms with van der Waals surface area (Å²) in [6, 6.07) is 8.07. The van der Waals surface area contributed by atoms with Crippen LogP contribution in [0.5, 0.6) is 0 Å². The van der Waals surface area contributed by atoms with Gasteiger partial charge in [0, 0.05) is 29.6 Å². The number of hydrogen-bond donors (Lipinski definition) is 1. The van der Waals surface area contributed by atoms with Crippen molar-refractivity contribution in [2.24, 2.45) is 0 Å². The van der Waals surface area contributed by atoms with E-state index in [9.17, 15) is 18.0 Å². The number of aromatic amines is 1. The van der Waals surface area contributed by atoms with Crippen LogP contribution in [0.4, 0.5) is 0 Å². The minimum Gasteiger partial charge on any atom is -0.335 e. The molecule has 0 radical (unpaired) electrons. The first-order valence-corrected chi connectivity index (χ1v) is 9.37. The van der Waals surface area contributed by atoms with Gasteiger partial charge >= 0.3 is 0 Å². The summed E-state index contributed by atoms with van der Waals surface area (Å²) in [5.74, 6) is -0.192. The Morgan fingerprint density at radius 2 is 2.09 bits per heavy atom. The summed E-state index contributed by atoms with van der Waals surface area (Å²) >= 11 is 0.